The minimum atomic E-state index is -1.17. The smallest absolute Gasteiger partial charge is 0.243 e. The third kappa shape index (κ3) is 21.4. The molecule has 6 nitrogen and oxygen atoms in total. The number of unbranched alkanes of at least 4 members (excludes halogenated alkanes) is 12. The van der Waals surface area contributed by atoms with Gasteiger partial charge in [0.15, 0.2) is 0 Å². The van der Waals surface area contributed by atoms with E-state index >= 15 is 0 Å². The molecule has 0 rings (SSSR count). The highest BCUT2D eigenvalue weighted by Gasteiger charge is 2.20. The molecule has 0 heterocycles. The van der Waals surface area contributed by atoms with E-state index in [-0.39, 0.29) is 12.3 Å². The number of quaternary nitrogens is 1. The van der Waals surface area contributed by atoms with E-state index in [9.17, 15) is 14.7 Å². The molecule has 29 heavy (non-hydrogen) atoms. The van der Waals surface area contributed by atoms with Crippen LogP contribution in [-0.2, 0) is 14.4 Å². The second-order valence-corrected chi connectivity index (χ2v) is 9.31. The maximum absolute atomic E-state index is 11.9. The molecular formula is C23H46N2O4. The van der Waals surface area contributed by atoms with Crippen LogP contribution in [0.3, 0.4) is 0 Å². The van der Waals surface area contributed by atoms with Crippen LogP contribution in [0.25, 0.3) is 0 Å². The number of carboxylic acid groups (broad SMARTS) is 1. The zero-order chi connectivity index (χ0) is 22.0. The number of carboxylic acids is 1. The second-order valence-electron chi connectivity index (χ2n) is 9.31. The molecule has 1 amide bonds. The van der Waals surface area contributed by atoms with E-state index in [0.717, 1.165) is 12.8 Å². The highest BCUT2D eigenvalue weighted by Crippen LogP contribution is 2.13. The summed E-state index contributed by atoms with van der Waals surface area (Å²) in [6.07, 6.45) is 16.1. The lowest BCUT2D eigenvalue weighted by atomic mass is 10.0. The molecule has 0 saturated carbocycles. The molecule has 0 spiro atoms. The van der Waals surface area contributed by atoms with Crippen LogP contribution >= 0.6 is 0 Å². The molecule has 0 bridgehead atoms. The van der Waals surface area contributed by atoms with Gasteiger partial charge in [-0.2, -0.15) is 0 Å². The molecule has 0 aliphatic heterocycles. The Morgan fingerprint density at radius 1 is 0.828 bits per heavy atom. The number of rotatable bonds is 20. The third-order valence-electron chi connectivity index (χ3n) is 4.99. The number of likely N-dealkylation sites (N-methyl/N-ethyl adjacent to an activating group) is 1. The van der Waals surface area contributed by atoms with Crippen LogP contribution in [0.5, 0.6) is 0 Å². The van der Waals surface area contributed by atoms with Crippen LogP contribution < -0.4 is 10.6 Å². The summed E-state index contributed by atoms with van der Waals surface area (Å²) in [4.78, 5) is 28.1. The summed E-state index contributed by atoms with van der Waals surface area (Å²) in [5.41, 5.74) is 2.41. The van der Waals surface area contributed by atoms with Crippen molar-refractivity contribution in [2.24, 2.45) is 0 Å². The molecule has 1 N–H and O–H groups in total. The molecule has 0 saturated heterocycles. The van der Waals surface area contributed by atoms with Crippen LogP contribution in [0.1, 0.15) is 103 Å². The molecule has 172 valence electrons. The molecule has 0 aromatic rings. The van der Waals surface area contributed by atoms with Crippen molar-refractivity contribution >= 4 is 11.9 Å². The second kappa shape index (κ2) is 17.7. The number of hydrogen-bond acceptors (Lipinski definition) is 4. The van der Waals surface area contributed by atoms with E-state index < -0.39 is 12.1 Å². The standard InChI is InChI=1S/C23H46N2O4/c1-5-6-7-8-9-10-11-12-13-14-15-16-17-18-22(26)24-29-21(19-23(27)28)20-25(2,3)4/h21H,5-20H2,1-4H3,(H-,24,26,27,28). The fraction of sp³-hybridized carbons (Fsp3) is 0.913. The van der Waals surface area contributed by atoms with Crippen molar-refractivity contribution in [3.63, 3.8) is 0 Å². The summed E-state index contributed by atoms with van der Waals surface area (Å²) in [7, 11) is 5.84. The summed E-state index contributed by atoms with van der Waals surface area (Å²) in [6.45, 7) is 2.73. The minimum Gasteiger partial charge on any atom is -0.550 e. The fourth-order valence-electron chi connectivity index (χ4n) is 3.44. The SMILES string of the molecule is CCCCCCCCCCCCCCCC(=O)NOC(CC(=O)[O-])C[N+](C)(C)C. The van der Waals surface area contributed by atoms with Crippen LogP contribution in [0, 0.1) is 0 Å². The van der Waals surface area contributed by atoms with Crippen molar-refractivity contribution < 1.29 is 24.0 Å². The molecule has 0 aromatic carbocycles. The minimum absolute atomic E-state index is 0.183. The number of nitrogens with zero attached hydrogens (tertiary/aromatic N) is 1. The van der Waals surface area contributed by atoms with Crippen LogP contribution in [0.4, 0.5) is 0 Å². The van der Waals surface area contributed by atoms with Gasteiger partial charge in [-0.15, -0.1) is 0 Å². The van der Waals surface area contributed by atoms with Crippen LogP contribution in [0.2, 0.25) is 0 Å². The molecular weight excluding hydrogens is 368 g/mol. The zero-order valence-electron chi connectivity index (χ0n) is 19.5. The topological polar surface area (TPSA) is 78.5 Å². The molecule has 1 atom stereocenters. The summed E-state index contributed by atoms with van der Waals surface area (Å²) in [6, 6.07) is 0. The number of nitrogens with one attached hydrogen (secondary N) is 1. The number of amides is 1. The number of aliphatic carboxylic acids is 1. The average molecular weight is 415 g/mol. The predicted octanol–water partition coefficient (Wildman–Crippen LogP) is 3.73. The highest BCUT2D eigenvalue weighted by atomic mass is 16.7. The van der Waals surface area contributed by atoms with Gasteiger partial charge in [-0.05, 0) is 6.42 Å². The lowest BCUT2D eigenvalue weighted by molar-refractivity contribution is -0.873. The molecule has 0 aromatic heterocycles. The van der Waals surface area contributed by atoms with Crippen molar-refractivity contribution in [1.82, 2.24) is 5.48 Å². The summed E-state index contributed by atoms with van der Waals surface area (Å²) < 4.78 is 0.548. The lowest BCUT2D eigenvalue weighted by Gasteiger charge is -2.29. The van der Waals surface area contributed by atoms with Gasteiger partial charge in [-0.3, -0.25) is 9.63 Å². The fourth-order valence-corrected chi connectivity index (χ4v) is 3.44. The Labute approximate surface area is 178 Å². The Kier molecular flexibility index (Phi) is 17.0. The predicted molar refractivity (Wildman–Crippen MR) is 116 cm³/mol. The third-order valence-corrected chi connectivity index (χ3v) is 4.99. The first-order valence-electron chi connectivity index (χ1n) is 11.7. The largest absolute Gasteiger partial charge is 0.550 e. The molecule has 6 heteroatoms. The van der Waals surface area contributed by atoms with E-state index in [2.05, 4.69) is 12.4 Å². The van der Waals surface area contributed by atoms with Crippen molar-refractivity contribution in [3.8, 4) is 0 Å². The summed E-state index contributed by atoms with van der Waals surface area (Å²) in [5, 5.41) is 10.8. The lowest BCUT2D eigenvalue weighted by Crippen LogP contribution is -2.46. The molecule has 0 aliphatic carbocycles. The maximum atomic E-state index is 11.9. The summed E-state index contributed by atoms with van der Waals surface area (Å²) in [5.74, 6) is -1.35. The number of carbonyl (C=O) groups is 2. The van der Waals surface area contributed by atoms with E-state index in [4.69, 9.17) is 4.84 Å². The van der Waals surface area contributed by atoms with E-state index in [0.29, 0.717) is 17.4 Å². The number of hydrogen-bond donors (Lipinski definition) is 1. The Bertz CT molecular complexity index is 422. The molecule has 0 radical (unpaired) electrons. The zero-order valence-corrected chi connectivity index (χ0v) is 19.5. The Hall–Kier alpha value is -1.14. The van der Waals surface area contributed by atoms with Crippen molar-refractivity contribution in [2.45, 2.75) is 109 Å². The molecule has 0 fully saturated rings. The molecule has 0 aliphatic rings. The first kappa shape index (κ1) is 27.9. The average Bonchev–Trinajstić information content (AvgIpc) is 2.62. The molecule has 1 unspecified atom stereocenters. The quantitative estimate of drug-likeness (QED) is 0.187. The van der Waals surface area contributed by atoms with Gasteiger partial charge in [0.25, 0.3) is 0 Å². The van der Waals surface area contributed by atoms with E-state index in [1.54, 1.807) is 0 Å². The van der Waals surface area contributed by atoms with Gasteiger partial charge in [-0.1, -0.05) is 84.0 Å². The van der Waals surface area contributed by atoms with Gasteiger partial charge in [0.05, 0.1) is 21.1 Å². The normalized spacial score (nSPS) is 12.7. The van der Waals surface area contributed by atoms with Gasteiger partial charge in [0, 0.05) is 18.8 Å². The Balaban J connectivity index is 3.60. The van der Waals surface area contributed by atoms with Crippen molar-refractivity contribution in [1.29, 1.82) is 0 Å². The number of hydroxylamine groups is 1. The Morgan fingerprint density at radius 2 is 1.28 bits per heavy atom. The highest BCUT2D eigenvalue weighted by molar-refractivity contribution is 5.74. The maximum Gasteiger partial charge on any atom is 0.243 e. The van der Waals surface area contributed by atoms with Gasteiger partial charge in [0.1, 0.15) is 12.6 Å². The monoisotopic (exact) mass is 414 g/mol. The van der Waals surface area contributed by atoms with Crippen molar-refractivity contribution in [2.75, 3.05) is 27.7 Å². The number of carbonyl (C=O) groups excluding carboxylic acids is 2. The van der Waals surface area contributed by atoms with Gasteiger partial charge in [0.2, 0.25) is 5.91 Å². The van der Waals surface area contributed by atoms with E-state index in [1.165, 1.54) is 70.6 Å². The van der Waals surface area contributed by atoms with Gasteiger partial charge >= 0.3 is 0 Å². The Morgan fingerprint density at radius 3 is 1.69 bits per heavy atom. The first-order chi connectivity index (χ1) is 13.7. The van der Waals surface area contributed by atoms with Crippen molar-refractivity contribution in [3.05, 3.63) is 0 Å². The van der Waals surface area contributed by atoms with Crippen LogP contribution in [0.15, 0.2) is 0 Å². The van der Waals surface area contributed by atoms with Gasteiger partial charge in [-0.25, -0.2) is 5.48 Å². The summed E-state index contributed by atoms with van der Waals surface area (Å²) >= 11 is 0. The van der Waals surface area contributed by atoms with Crippen LogP contribution in [-0.4, -0.2) is 50.2 Å². The van der Waals surface area contributed by atoms with E-state index in [1.807, 2.05) is 21.1 Å². The first-order valence-corrected chi connectivity index (χ1v) is 11.7. The van der Waals surface area contributed by atoms with Gasteiger partial charge < -0.3 is 14.4 Å².